The Morgan fingerprint density at radius 2 is 1.86 bits per heavy atom. The Balaban J connectivity index is 2.37. The van der Waals surface area contributed by atoms with Crippen LogP contribution in [0.15, 0.2) is 51.8 Å². The highest BCUT2D eigenvalue weighted by Gasteiger charge is 2.17. The Labute approximate surface area is 130 Å². The van der Waals surface area contributed by atoms with Gasteiger partial charge in [-0.05, 0) is 30.3 Å². The summed E-state index contributed by atoms with van der Waals surface area (Å²) in [6.07, 6.45) is 1.04. The van der Waals surface area contributed by atoms with E-state index in [0.29, 0.717) is 4.47 Å². The first-order valence-electron chi connectivity index (χ1n) is 5.84. The second kappa shape index (κ2) is 5.95. The number of benzene rings is 2. The molecule has 0 radical (unpaired) electrons. The number of rotatable bonds is 3. The molecule has 2 aromatic carbocycles. The van der Waals surface area contributed by atoms with Crippen LogP contribution in [0.3, 0.4) is 0 Å². The fourth-order valence-corrected chi connectivity index (χ4v) is 2.93. The van der Waals surface area contributed by atoms with E-state index >= 15 is 0 Å². The molecule has 2 rings (SSSR count). The molecule has 0 aliphatic carbocycles. The highest BCUT2D eigenvalue weighted by molar-refractivity contribution is 9.10. The number of hydrogen-bond donors (Lipinski definition) is 1. The number of hydrogen-bond acceptors (Lipinski definition) is 3. The average molecular weight is 372 g/mol. The van der Waals surface area contributed by atoms with Crippen molar-refractivity contribution in [2.24, 2.45) is 0 Å². The number of carbonyl (C=O) groups excluding carboxylic acids is 1. The van der Waals surface area contributed by atoms with Gasteiger partial charge in [0, 0.05) is 10.7 Å². The zero-order valence-corrected chi connectivity index (χ0v) is 13.3. The van der Waals surface area contributed by atoms with Gasteiger partial charge < -0.3 is 5.32 Å². The zero-order chi connectivity index (χ0) is 15.6. The van der Waals surface area contributed by atoms with E-state index < -0.39 is 21.6 Å². The molecule has 0 aliphatic heterocycles. The Morgan fingerprint density at radius 1 is 1.19 bits per heavy atom. The van der Waals surface area contributed by atoms with Crippen LogP contribution >= 0.6 is 15.9 Å². The molecular weight excluding hydrogens is 361 g/mol. The Morgan fingerprint density at radius 3 is 2.48 bits per heavy atom. The summed E-state index contributed by atoms with van der Waals surface area (Å²) in [7, 11) is -3.49. The lowest BCUT2D eigenvalue weighted by Crippen LogP contribution is -2.16. The van der Waals surface area contributed by atoms with Crippen LogP contribution in [0.5, 0.6) is 0 Å². The first kappa shape index (κ1) is 15.7. The van der Waals surface area contributed by atoms with Crippen molar-refractivity contribution in [3.05, 3.63) is 58.3 Å². The molecule has 0 saturated heterocycles. The molecule has 0 aromatic heterocycles. The molecule has 0 bridgehead atoms. The average Bonchev–Trinajstić information content (AvgIpc) is 2.37. The highest BCUT2D eigenvalue weighted by atomic mass is 79.9. The summed E-state index contributed by atoms with van der Waals surface area (Å²) in [6.45, 7) is 0. The number of anilines is 1. The van der Waals surface area contributed by atoms with Crippen LogP contribution in [-0.4, -0.2) is 20.6 Å². The molecule has 4 nitrogen and oxygen atoms in total. The van der Waals surface area contributed by atoms with E-state index in [-0.39, 0.29) is 16.1 Å². The summed E-state index contributed by atoms with van der Waals surface area (Å²) in [5.41, 5.74) is -0.0474. The van der Waals surface area contributed by atoms with E-state index in [1.54, 1.807) is 12.1 Å². The third-order valence-electron chi connectivity index (χ3n) is 2.71. The molecule has 0 atom stereocenters. The lowest BCUT2D eigenvalue weighted by Gasteiger charge is -2.10. The first-order valence-corrected chi connectivity index (χ1v) is 8.53. The molecule has 0 saturated carbocycles. The molecule has 21 heavy (non-hydrogen) atoms. The van der Waals surface area contributed by atoms with Gasteiger partial charge in [0.05, 0.1) is 16.1 Å². The minimum Gasteiger partial charge on any atom is -0.321 e. The summed E-state index contributed by atoms with van der Waals surface area (Å²) in [6, 6.07) is 9.97. The number of carbonyl (C=O) groups is 1. The summed E-state index contributed by atoms with van der Waals surface area (Å²) in [5.74, 6) is -1.41. The van der Waals surface area contributed by atoms with E-state index in [0.717, 1.165) is 12.3 Å². The monoisotopic (exact) mass is 371 g/mol. The molecule has 2 aromatic rings. The largest absolute Gasteiger partial charge is 0.321 e. The molecule has 1 N–H and O–H groups in total. The third kappa shape index (κ3) is 3.68. The predicted molar refractivity (Wildman–Crippen MR) is 81.6 cm³/mol. The number of nitrogens with one attached hydrogen (secondary N) is 1. The minimum atomic E-state index is -3.49. The number of halogens is 2. The fraction of sp³-hybridized carbons (Fsp3) is 0.0714. The first-order chi connectivity index (χ1) is 9.79. The molecule has 0 spiro atoms. The van der Waals surface area contributed by atoms with Crippen LogP contribution in [0.25, 0.3) is 0 Å². The van der Waals surface area contributed by atoms with Crippen molar-refractivity contribution >= 4 is 37.4 Å². The van der Waals surface area contributed by atoms with Crippen molar-refractivity contribution in [2.75, 3.05) is 11.6 Å². The molecule has 0 aliphatic rings. The van der Waals surface area contributed by atoms with E-state index in [9.17, 15) is 17.6 Å². The van der Waals surface area contributed by atoms with Crippen LogP contribution in [0.2, 0.25) is 0 Å². The number of amides is 1. The lowest BCUT2D eigenvalue weighted by molar-refractivity contribution is 0.102. The second-order valence-corrected chi connectivity index (χ2v) is 7.25. The molecule has 0 fully saturated rings. The van der Waals surface area contributed by atoms with Gasteiger partial charge in [-0.3, -0.25) is 4.79 Å². The van der Waals surface area contributed by atoms with Crippen molar-refractivity contribution < 1.29 is 17.6 Å². The standard InChI is InChI=1S/C14H11BrFNO3S/c1-21(19,20)13-5-3-2-4-12(13)17-14(18)10-7-6-9(15)8-11(10)16/h2-8H,1H3,(H,17,18). The van der Waals surface area contributed by atoms with E-state index in [2.05, 4.69) is 21.2 Å². The Bertz CT molecular complexity index is 806. The van der Waals surface area contributed by atoms with Crippen molar-refractivity contribution in [2.45, 2.75) is 4.90 Å². The van der Waals surface area contributed by atoms with E-state index in [4.69, 9.17) is 0 Å². The molecule has 1 amide bonds. The van der Waals surface area contributed by atoms with Crippen molar-refractivity contribution in [3.63, 3.8) is 0 Å². The quantitative estimate of drug-likeness (QED) is 0.900. The highest BCUT2D eigenvalue weighted by Crippen LogP contribution is 2.22. The minimum absolute atomic E-state index is 0.0177. The predicted octanol–water partition coefficient (Wildman–Crippen LogP) is 3.24. The molecule has 0 unspecified atom stereocenters. The maximum atomic E-state index is 13.7. The van der Waals surface area contributed by atoms with Gasteiger partial charge in [0.1, 0.15) is 5.82 Å². The van der Waals surface area contributed by atoms with Gasteiger partial charge in [0.25, 0.3) is 5.91 Å². The van der Waals surface area contributed by atoms with Crippen molar-refractivity contribution in [1.82, 2.24) is 0 Å². The molecule has 0 heterocycles. The van der Waals surface area contributed by atoms with Gasteiger partial charge >= 0.3 is 0 Å². The van der Waals surface area contributed by atoms with Gasteiger partial charge in [0.15, 0.2) is 9.84 Å². The Kier molecular flexibility index (Phi) is 4.43. The third-order valence-corrected chi connectivity index (χ3v) is 4.36. The van der Waals surface area contributed by atoms with Crippen molar-refractivity contribution in [3.8, 4) is 0 Å². The molecule has 7 heteroatoms. The zero-order valence-electron chi connectivity index (χ0n) is 10.9. The fourth-order valence-electron chi connectivity index (χ4n) is 1.76. The molecule has 110 valence electrons. The molecular formula is C14H11BrFNO3S. The van der Waals surface area contributed by atoms with Crippen LogP contribution in [-0.2, 0) is 9.84 Å². The number of para-hydroxylation sites is 1. The van der Waals surface area contributed by atoms with Crippen LogP contribution in [0.4, 0.5) is 10.1 Å². The van der Waals surface area contributed by atoms with Gasteiger partial charge in [-0.2, -0.15) is 0 Å². The topological polar surface area (TPSA) is 63.2 Å². The summed E-state index contributed by atoms with van der Waals surface area (Å²) < 4.78 is 37.5. The lowest BCUT2D eigenvalue weighted by atomic mass is 10.2. The van der Waals surface area contributed by atoms with Gasteiger partial charge in [0.2, 0.25) is 0 Å². The van der Waals surface area contributed by atoms with Gasteiger partial charge in [-0.1, -0.05) is 28.1 Å². The van der Waals surface area contributed by atoms with Crippen LogP contribution in [0, 0.1) is 5.82 Å². The maximum absolute atomic E-state index is 13.7. The maximum Gasteiger partial charge on any atom is 0.258 e. The van der Waals surface area contributed by atoms with E-state index in [1.165, 1.54) is 24.3 Å². The summed E-state index contributed by atoms with van der Waals surface area (Å²) in [4.78, 5) is 12.0. The smallest absolute Gasteiger partial charge is 0.258 e. The van der Waals surface area contributed by atoms with Gasteiger partial charge in [-0.25, -0.2) is 12.8 Å². The SMILES string of the molecule is CS(=O)(=O)c1ccccc1NC(=O)c1ccc(Br)cc1F. The normalized spacial score (nSPS) is 11.2. The van der Waals surface area contributed by atoms with Crippen LogP contribution in [0.1, 0.15) is 10.4 Å². The van der Waals surface area contributed by atoms with Crippen molar-refractivity contribution in [1.29, 1.82) is 0 Å². The summed E-state index contributed by atoms with van der Waals surface area (Å²) >= 11 is 3.10. The van der Waals surface area contributed by atoms with E-state index in [1.807, 2.05) is 0 Å². The Hall–Kier alpha value is -1.73. The second-order valence-electron chi connectivity index (χ2n) is 4.35. The van der Waals surface area contributed by atoms with Gasteiger partial charge in [-0.15, -0.1) is 0 Å². The van der Waals surface area contributed by atoms with Crippen LogP contribution < -0.4 is 5.32 Å². The number of sulfone groups is 1. The summed E-state index contributed by atoms with van der Waals surface area (Å²) in [5, 5.41) is 2.42.